The van der Waals surface area contributed by atoms with Gasteiger partial charge in [0, 0.05) is 30.4 Å². The van der Waals surface area contributed by atoms with Gasteiger partial charge in [0.15, 0.2) is 11.3 Å². The number of nitrogens with zero attached hydrogens (tertiary/aromatic N) is 1. The summed E-state index contributed by atoms with van der Waals surface area (Å²) in [6.45, 7) is 6.19. The molecule has 2 aromatic rings. The summed E-state index contributed by atoms with van der Waals surface area (Å²) in [5.74, 6) is 1.20. The second-order valence-electron chi connectivity index (χ2n) is 6.98. The molecule has 0 radical (unpaired) electrons. The van der Waals surface area contributed by atoms with Crippen molar-refractivity contribution in [3.05, 3.63) is 45.6 Å². The van der Waals surface area contributed by atoms with Crippen LogP contribution in [-0.2, 0) is 22.4 Å². The first-order valence-electron chi connectivity index (χ1n) is 9.33. The van der Waals surface area contributed by atoms with Crippen LogP contribution in [0.25, 0.3) is 11.3 Å². The minimum absolute atomic E-state index is 0.0531. The van der Waals surface area contributed by atoms with Crippen molar-refractivity contribution in [1.82, 2.24) is 4.57 Å². The second-order valence-corrected chi connectivity index (χ2v) is 8.09. The molecular weight excluding hydrogens is 381 g/mol. The lowest BCUT2D eigenvalue weighted by molar-refractivity contribution is -0.102. The fraction of sp³-hybridized carbons (Fsp3) is 0.450. The summed E-state index contributed by atoms with van der Waals surface area (Å²) in [6.07, 6.45) is 0.660. The molecule has 1 aromatic heterocycles. The zero-order chi connectivity index (χ0) is 19.7. The van der Waals surface area contributed by atoms with Gasteiger partial charge < -0.3 is 28.2 Å². The Balaban J connectivity index is 1.66. The Bertz CT molecular complexity index is 920. The van der Waals surface area contributed by atoms with Crippen LogP contribution in [0.4, 0.5) is 0 Å². The van der Waals surface area contributed by atoms with E-state index in [1.807, 2.05) is 25.1 Å². The second kappa shape index (κ2) is 8.21. The molecule has 0 bridgehead atoms. The Kier molecular flexibility index (Phi) is 5.69. The molecule has 1 saturated heterocycles. The third-order valence-corrected chi connectivity index (χ3v) is 5.47. The molecule has 4 rings (SSSR count). The number of benzene rings is 1. The highest BCUT2D eigenvalue weighted by atomic mass is 31.2. The van der Waals surface area contributed by atoms with Gasteiger partial charge in [-0.05, 0) is 37.1 Å². The van der Waals surface area contributed by atoms with Crippen molar-refractivity contribution in [2.75, 3.05) is 33.1 Å². The first-order valence-corrected chi connectivity index (χ1v) is 11.0. The van der Waals surface area contributed by atoms with Gasteiger partial charge in [-0.1, -0.05) is 0 Å². The van der Waals surface area contributed by atoms with Gasteiger partial charge in [-0.3, -0.25) is 4.79 Å². The molecule has 0 aliphatic carbocycles. The molecule has 0 amide bonds. The zero-order valence-electron chi connectivity index (χ0n) is 16.0. The zero-order valence-corrected chi connectivity index (χ0v) is 16.9. The van der Waals surface area contributed by atoms with Crippen molar-refractivity contribution in [2.24, 2.45) is 0 Å². The molecule has 1 N–H and O–H groups in total. The maximum atomic E-state index is 12.6. The molecule has 2 atom stereocenters. The monoisotopic (exact) mass is 405 g/mol. The van der Waals surface area contributed by atoms with E-state index in [0.717, 1.165) is 23.2 Å². The van der Waals surface area contributed by atoms with Crippen LogP contribution in [0.5, 0.6) is 11.6 Å². The minimum Gasteiger partial charge on any atom is -0.476 e. The molecule has 8 heteroatoms. The summed E-state index contributed by atoms with van der Waals surface area (Å²) in [5.41, 5.74) is 3.60. The summed E-state index contributed by atoms with van der Waals surface area (Å²) in [5, 5.41) is 0. The van der Waals surface area contributed by atoms with Crippen molar-refractivity contribution in [3.63, 3.8) is 0 Å². The van der Waals surface area contributed by atoms with E-state index in [4.69, 9.17) is 18.7 Å². The third-order valence-electron chi connectivity index (χ3n) is 4.99. The van der Waals surface area contributed by atoms with Gasteiger partial charge in [0.2, 0.25) is 8.38 Å². The Morgan fingerprint density at radius 2 is 2.18 bits per heavy atom. The van der Waals surface area contributed by atoms with Crippen LogP contribution >= 0.6 is 8.38 Å². The van der Waals surface area contributed by atoms with E-state index in [9.17, 15) is 9.69 Å². The standard InChI is InChI=1S/C20H24NO6P/c1-13-18(22)10-19(26-12-16-11-24-7-8-25-16)21-6-5-14-9-15(27-28(2)23)3-4-17(14)20(13)21/h3-4,9-10,16,23H,5-8,11-12H2,1-2H3. The van der Waals surface area contributed by atoms with Crippen LogP contribution in [0.1, 0.15) is 11.1 Å². The first kappa shape index (κ1) is 19.4. The third kappa shape index (κ3) is 3.94. The van der Waals surface area contributed by atoms with E-state index >= 15 is 0 Å². The highest BCUT2D eigenvalue weighted by Gasteiger charge is 2.24. The van der Waals surface area contributed by atoms with Gasteiger partial charge in [-0.2, -0.15) is 0 Å². The average Bonchev–Trinajstić information content (AvgIpc) is 2.69. The number of hydrogen-bond acceptors (Lipinski definition) is 6. The van der Waals surface area contributed by atoms with Crippen LogP contribution in [-0.4, -0.2) is 48.7 Å². The number of aromatic nitrogens is 1. The molecule has 3 heterocycles. The van der Waals surface area contributed by atoms with Gasteiger partial charge in [0.1, 0.15) is 18.5 Å². The van der Waals surface area contributed by atoms with E-state index < -0.39 is 8.38 Å². The van der Waals surface area contributed by atoms with E-state index in [2.05, 4.69) is 4.57 Å². The lowest BCUT2D eigenvalue weighted by Crippen LogP contribution is -2.34. The Labute approximate surface area is 164 Å². The van der Waals surface area contributed by atoms with Crippen molar-refractivity contribution >= 4 is 8.38 Å². The van der Waals surface area contributed by atoms with Crippen LogP contribution in [0.15, 0.2) is 29.1 Å². The van der Waals surface area contributed by atoms with E-state index in [-0.39, 0.29) is 11.5 Å². The fourth-order valence-electron chi connectivity index (χ4n) is 3.68. The quantitative estimate of drug-likeness (QED) is 0.770. The average molecular weight is 405 g/mol. The maximum Gasteiger partial charge on any atom is 0.224 e. The van der Waals surface area contributed by atoms with Crippen molar-refractivity contribution in [1.29, 1.82) is 0 Å². The lowest BCUT2D eigenvalue weighted by atomic mass is 9.94. The smallest absolute Gasteiger partial charge is 0.224 e. The van der Waals surface area contributed by atoms with Crippen LogP contribution in [0.3, 0.4) is 0 Å². The molecule has 2 aliphatic rings. The highest BCUT2D eigenvalue weighted by molar-refractivity contribution is 7.45. The number of ether oxygens (including phenoxy) is 3. The summed E-state index contributed by atoms with van der Waals surface area (Å²) in [6, 6.07) is 7.27. The Morgan fingerprint density at radius 3 is 2.93 bits per heavy atom. The molecule has 7 nitrogen and oxygen atoms in total. The van der Waals surface area contributed by atoms with Crippen molar-refractivity contribution in [3.8, 4) is 22.9 Å². The molecule has 28 heavy (non-hydrogen) atoms. The molecule has 150 valence electrons. The number of aryl methyl sites for hydroxylation is 1. The fourth-order valence-corrected chi connectivity index (χ4v) is 4.10. The van der Waals surface area contributed by atoms with Gasteiger partial charge in [-0.25, -0.2) is 0 Å². The summed E-state index contributed by atoms with van der Waals surface area (Å²) >= 11 is 0. The summed E-state index contributed by atoms with van der Waals surface area (Å²) < 4.78 is 24.5. The van der Waals surface area contributed by atoms with Crippen LogP contribution < -0.4 is 14.7 Å². The number of pyridine rings is 1. The van der Waals surface area contributed by atoms with E-state index in [1.54, 1.807) is 12.7 Å². The Morgan fingerprint density at radius 1 is 1.32 bits per heavy atom. The minimum atomic E-state index is -1.47. The molecule has 1 aromatic carbocycles. The number of fused-ring (bicyclic) bond motifs is 3. The molecule has 1 fully saturated rings. The summed E-state index contributed by atoms with van der Waals surface area (Å²) in [4.78, 5) is 22.1. The predicted molar refractivity (Wildman–Crippen MR) is 106 cm³/mol. The highest BCUT2D eigenvalue weighted by Crippen LogP contribution is 2.38. The van der Waals surface area contributed by atoms with Crippen molar-refractivity contribution in [2.45, 2.75) is 26.0 Å². The largest absolute Gasteiger partial charge is 0.476 e. The van der Waals surface area contributed by atoms with Gasteiger partial charge in [0.05, 0.1) is 25.5 Å². The molecule has 0 saturated carbocycles. The maximum absolute atomic E-state index is 12.6. The topological polar surface area (TPSA) is 79.2 Å². The normalized spacial score (nSPS) is 19.5. The van der Waals surface area contributed by atoms with E-state index in [1.165, 1.54) is 0 Å². The van der Waals surface area contributed by atoms with Gasteiger partial charge in [-0.15, -0.1) is 0 Å². The van der Waals surface area contributed by atoms with Crippen molar-refractivity contribution < 1.29 is 23.6 Å². The molecule has 2 aliphatic heterocycles. The molecular formula is C20H24NO6P. The van der Waals surface area contributed by atoms with Gasteiger partial charge in [0.25, 0.3) is 0 Å². The van der Waals surface area contributed by atoms with Gasteiger partial charge >= 0.3 is 0 Å². The summed E-state index contributed by atoms with van der Waals surface area (Å²) in [7, 11) is -1.47. The SMILES string of the molecule is Cc1c2n(c(OCC3COCCO3)cc1=O)CCc1cc(OP(C)O)ccc1-2. The first-order chi connectivity index (χ1) is 13.5. The molecule has 0 spiro atoms. The van der Waals surface area contributed by atoms with E-state index in [0.29, 0.717) is 50.2 Å². The lowest BCUT2D eigenvalue weighted by Gasteiger charge is -2.28. The van der Waals surface area contributed by atoms with Crippen LogP contribution in [0, 0.1) is 6.92 Å². The molecule has 2 unspecified atom stereocenters. The number of hydrogen-bond donors (Lipinski definition) is 1. The Hall–Kier alpha value is -1.92. The predicted octanol–water partition coefficient (Wildman–Crippen LogP) is 2.49. The van der Waals surface area contributed by atoms with Crippen LogP contribution in [0.2, 0.25) is 0 Å². The number of rotatable bonds is 5.